The van der Waals surface area contributed by atoms with Gasteiger partial charge in [-0.15, -0.1) is 0 Å². The summed E-state index contributed by atoms with van der Waals surface area (Å²) >= 11 is 0. The summed E-state index contributed by atoms with van der Waals surface area (Å²) in [7, 11) is 0. The van der Waals surface area contributed by atoms with Crippen molar-refractivity contribution in [3.63, 3.8) is 0 Å². The fraction of sp³-hybridized carbons (Fsp3) is 0.810. The molecule has 1 unspecified atom stereocenters. The van der Waals surface area contributed by atoms with Crippen LogP contribution in [0.2, 0.25) is 0 Å². The Bertz CT molecular complexity index is 507. The highest BCUT2D eigenvalue weighted by Crippen LogP contribution is 2.17. The first-order chi connectivity index (χ1) is 13.5. The van der Waals surface area contributed by atoms with E-state index in [0.29, 0.717) is 19.4 Å². The fourth-order valence-corrected chi connectivity index (χ4v) is 3.34. The lowest BCUT2D eigenvalue weighted by Gasteiger charge is -2.15. The highest BCUT2D eigenvalue weighted by atomic mass is 16.5. The van der Waals surface area contributed by atoms with Gasteiger partial charge in [0.1, 0.15) is 11.7 Å². The quantitative estimate of drug-likeness (QED) is 0.552. The van der Waals surface area contributed by atoms with Crippen molar-refractivity contribution in [2.75, 3.05) is 19.7 Å². The largest absolute Gasteiger partial charge is 0.465 e. The van der Waals surface area contributed by atoms with Gasteiger partial charge in [-0.05, 0) is 19.8 Å². The Kier molecular flexibility index (Phi) is 13.0. The predicted molar refractivity (Wildman–Crippen MR) is 107 cm³/mol. The van der Waals surface area contributed by atoms with Crippen LogP contribution in [0, 0.1) is 5.92 Å². The fourth-order valence-electron chi connectivity index (χ4n) is 3.34. The van der Waals surface area contributed by atoms with Gasteiger partial charge in [0.2, 0.25) is 11.8 Å². The zero-order valence-electron chi connectivity index (χ0n) is 17.2. The van der Waals surface area contributed by atoms with E-state index in [9.17, 15) is 19.2 Å². The van der Waals surface area contributed by atoms with Gasteiger partial charge in [0.25, 0.3) is 0 Å². The maximum Gasteiger partial charge on any atom is 0.316 e. The van der Waals surface area contributed by atoms with Crippen molar-refractivity contribution < 1.29 is 23.9 Å². The third kappa shape index (κ3) is 11.0. The molecule has 0 spiro atoms. The Balaban J connectivity index is 2.55. The van der Waals surface area contributed by atoms with Crippen LogP contribution in [0.25, 0.3) is 0 Å². The van der Waals surface area contributed by atoms with Crippen LogP contribution in [0.1, 0.15) is 84.0 Å². The number of hydrogen-bond donors (Lipinski definition) is 2. The first-order valence-corrected chi connectivity index (χ1v) is 10.8. The number of carbonyl (C=O) groups is 4. The minimum atomic E-state index is -0.735. The molecule has 1 rings (SSSR count). The zero-order chi connectivity index (χ0) is 20.6. The molecular formula is C21H36N2O5. The van der Waals surface area contributed by atoms with Gasteiger partial charge in [0.15, 0.2) is 0 Å². The second-order valence-electron chi connectivity index (χ2n) is 7.34. The summed E-state index contributed by atoms with van der Waals surface area (Å²) in [5.74, 6) is -1.60. The second kappa shape index (κ2) is 15.1. The molecular weight excluding hydrogens is 360 g/mol. The standard InChI is InChI=1S/C21H36N2O5/c1-2-28-21(27)17-11-9-7-5-3-4-6-8-10-12-19(25)23-16-14-20(26)22-15-13-18(17)24/h17H,2-16H2,1H3,(H,22,26)(H,23,25). The van der Waals surface area contributed by atoms with Crippen molar-refractivity contribution in [2.24, 2.45) is 5.92 Å². The summed E-state index contributed by atoms with van der Waals surface area (Å²) < 4.78 is 5.06. The third-order valence-corrected chi connectivity index (χ3v) is 4.97. The Morgan fingerprint density at radius 3 is 2.00 bits per heavy atom. The molecule has 2 N–H and O–H groups in total. The number of amides is 2. The van der Waals surface area contributed by atoms with Gasteiger partial charge in [-0.2, -0.15) is 0 Å². The lowest BCUT2D eigenvalue weighted by Crippen LogP contribution is -2.33. The minimum Gasteiger partial charge on any atom is -0.465 e. The van der Waals surface area contributed by atoms with Gasteiger partial charge >= 0.3 is 5.97 Å². The lowest BCUT2D eigenvalue weighted by molar-refractivity contribution is -0.151. The van der Waals surface area contributed by atoms with E-state index in [-0.39, 0.29) is 43.6 Å². The van der Waals surface area contributed by atoms with Crippen LogP contribution in [-0.2, 0) is 23.9 Å². The second-order valence-corrected chi connectivity index (χ2v) is 7.34. The molecule has 0 bridgehead atoms. The number of hydrogen-bond acceptors (Lipinski definition) is 5. The van der Waals surface area contributed by atoms with Gasteiger partial charge in [-0.1, -0.05) is 44.9 Å². The molecule has 7 heteroatoms. The van der Waals surface area contributed by atoms with E-state index in [4.69, 9.17) is 4.74 Å². The molecule has 160 valence electrons. The Morgan fingerprint density at radius 1 is 0.821 bits per heavy atom. The number of carbonyl (C=O) groups excluding carboxylic acids is 4. The number of rotatable bonds is 2. The Morgan fingerprint density at radius 2 is 1.36 bits per heavy atom. The molecule has 1 fully saturated rings. The van der Waals surface area contributed by atoms with Gasteiger partial charge in [-0.25, -0.2) is 0 Å². The maximum absolute atomic E-state index is 12.4. The summed E-state index contributed by atoms with van der Waals surface area (Å²) in [6.45, 7) is 2.48. The van der Waals surface area contributed by atoms with Crippen LogP contribution in [0.3, 0.4) is 0 Å². The van der Waals surface area contributed by atoms with Gasteiger partial charge in [0, 0.05) is 32.4 Å². The van der Waals surface area contributed by atoms with E-state index in [0.717, 1.165) is 51.4 Å². The van der Waals surface area contributed by atoms with E-state index < -0.39 is 11.9 Å². The highest BCUT2D eigenvalue weighted by Gasteiger charge is 2.26. The average molecular weight is 397 g/mol. The summed E-state index contributed by atoms with van der Waals surface area (Å²) in [4.78, 5) is 48.1. The van der Waals surface area contributed by atoms with E-state index in [2.05, 4.69) is 10.6 Å². The van der Waals surface area contributed by atoms with Crippen LogP contribution >= 0.6 is 0 Å². The lowest BCUT2D eigenvalue weighted by atomic mass is 9.94. The summed E-state index contributed by atoms with van der Waals surface area (Å²) in [6, 6.07) is 0. The molecule has 7 nitrogen and oxygen atoms in total. The summed E-state index contributed by atoms with van der Waals surface area (Å²) in [6.07, 6.45) is 9.50. The zero-order valence-corrected chi connectivity index (χ0v) is 17.2. The Labute approximate surface area is 168 Å². The van der Waals surface area contributed by atoms with Gasteiger partial charge < -0.3 is 15.4 Å². The molecule has 1 saturated heterocycles. The normalized spacial score (nSPS) is 22.6. The number of ketones is 1. The molecule has 0 saturated carbocycles. The molecule has 0 aromatic rings. The topological polar surface area (TPSA) is 102 Å². The van der Waals surface area contributed by atoms with Crippen LogP contribution in [0.15, 0.2) is 0 Å². The SMILES string of the molecule is CCOC(=O)C1CCCCCCCCCCC(=O)NCCC(=O)NCCC1=O. The van der Waals surface area contributed by atoms with Crippen molar-refractivity contribution in [1.29, 1.82) is 0 Å². The molecule has 1 aliphatic rings. The van der Waals surface area contributed by atoms with E-state index in [1.807, 2.05) is 0 Å². The monoisotopic (exact) mass is 396 g/mol. The smallest absolute Gasteiger partial charge is 0.316 e. The molecule has 0 aromatic carbocycles. The molecule has 0 aliphatic carbocycles. The summed E-state index contributed by atoms with van der Waals surface area (Å²) in [5, 5.41) is 5.43. The van der Waals surface area contributed by atoms with Crippen LogP contribution in [-0.4, -0.2) is 43.3 Å². The number of esters is 1. The number of nitrogens with one attached hydrogen (secondary N) is 2. The highest BCUT2D eigenvalue weighted by molar-refractivity contribution is 5.99. The molecule has 28 heavy (non-hydrogen) atoms. The molecule has 2 amide bonds. The van der Waals surface area contributed by atoms with Gasteiger partial charge in [-0.3, -0.25) is 19.2 Å². The maximum atomic E-state index is 12.4. The first kappa shape index (κ1) is 24.1. The van der Waals surface area contributed by atoms with Gasteiger partial charge in [0.05, 0.1) is 6.61 Å². The van der Waals surface area contributed by atoms with E-state index in [1.54, 1.807) is 6.92 Å². The van der Waals surface area contributed by atoms with Crippen molar-refractivity contribution in [3.8, 4) is 0 Å². The first-order valence-electron chi connectivity index (χ1n) is 10.8. The third-order valence-electron chi connectivity index (χ3n) is 4.97. The van der Waals surface area contributed by atoms with Crippen molar-refractivity contribution in [1.82, 2.24) is 10.6 Å². The average Bonchev–Trinajstić information content (AvgIpc) is 2.65. The van der Waals surface area contributed by atoms with E-state index >= 15 is 0 Å². The van der Waals surface area contributed by atoms with Crippen LogP contribution in [0.4, 0.5) is 0 Å². The minimum absolute atomic E-state index is 0.0188. The molecule has 1 aliphatic heterocycles. The number of ether oxygens (including phenoxy) is 1. The van der Waals surface area contributed by atoms with Crippen molar-refractivity contribution in [3.05, 3.63) is 0 Å². The number of Topliss-reactive ketones (excluding diaryl/α,β-unsaturated/α-hetero) is 1. The van der Waals surface area contributed by atoms with Crippen LogP contribution < -0.4 is 10.6 Å². The van der Waals surface area contributed by atoms with Crippen molar-refractivity contribution in [2.45, 2.75) is 84.0 Å². The Hall–Kier alpha value is -1.92. The molecule has 0 aromatic heterocycles. The molecule has 1 atom stereocenters. The van der Waals surface area contributed by atoms with Crippen LogP contribution in [0.5, 0.6) is 0 Å². The molecule has 1 heterocycles. The van der Waals surface area contributed by atoms with E-state index in [1.165, 1.54) is 0 Å². The van der Waals surface area contributed by atoms with Crippen molar-refractivity contribution >= 4 is 23.6 Å². The predicted octanol–water partition coefficient (Wildman–Crippen LogP) is 2.66. The molecule has 0 radical (unpaired) electrons. The summed E-state index contributed by atoms with van der Waals surface area (Å²) in [5.41, 5.74) is 0.